The second-order valence-electron chi connectivity index (χ2n) is 3.98. The van der Waals surface area contributed by atoms with Crippen molar-refractivity contribution in [2.45, 2.75) is 27.7 Å². The number of nitrogens with zero attached hydrogens (tertiary/aromatic N) is 1. The number of fused-ring (bicyclic) bond motifs is 1. The Hall–Kier alpha value is -1.64. The number of ketones is 1. The molecule has 0 amide bonds. The maximum Gasteiger partial charge on any atom is 0.195 e. The van der Waals surface area contributed by atoms with Gasteiger partial charge < -0.3 is 4.98 Å². The van der Waals surface area contributed by atoms with Crippen LogP contribution in [0.15, 0.2) is 6.07 Å². The monoisotopic (exact) mass is 202 g/mol. The Morgan fingerprint density at radius 1 is 1.27 bits per heavy atom. The Morgan fingerprint density at radius 3 is 2.53 bits per heavy atom. The van der Waals surface area contributed by atoms with E-state index in [2.05, 4.69) is 23.8 Å². The molecule has 3 nitrogen and oxygen atoms in total. The molecule has 78 valence electrons. The zero-order valence-corrected chi connectivity index (χ0v) is 9.43. The third kappa shape index (κ3) is 1.44. The summed E-state index contributed by atoms with van der Waals surface area (Å²) in [4.78, 5) is 18.6. The van der Waals surface area contributed by atoms with Gasteiger partial charge in [0, 0.05) is 6.92 Å². The van der Waals surface area contributed by atoms with Gasteiger partial charge in [0.05, 0.1) is 11.0 Å². The minimum Gasteiger partial charge on any atom is -0.335 e. The first kappa shape index (κ1) is 9.90. The van der Waals surface area contributed by atoms with Crippen LogP contribution in [-0.4, -0.2) is 15.8 Å². The molecular formula is C12H14N2O. The van der Waals surface area contributed by atoms with Crippen LogP contribution in [0.25, 0.3) is 11.0 Å². The van der Waals surface area contributed by atoms with E-state index in [1.54, 1.807) is 0 Å². The number of nitrogens with one attached hydrogen (secondary N) is 1. The average Bonchev–Trinajstić information content (AvgIpc) is 2.58. The summed E-state index contributed by atoms with van der Waals surface area (Å²) in [5.41, 5.74) is 5.46. The molecule has 0 aliphatic heterocycles. The summed E-state index contributed by atoms with van der Waals surface area (Å²) in [6, 6.07) is 2.04. The molecule has 0 aliphatic carbocycles. The van der Waals surface area contributed by atoms with E-state index in [4.69, 9.17) is 0 Å². The number of carbonyl (C=O) groups is 1. The molecule has 0 aliphatic rings. The van der Waals surface area contributed by atoms with Gasteiger partial charge in [0.25, 0.3) is 0 Å². The molecular weight excluding hydrogens is 188 g/mol. The lowest BCUT2D eigenvalue weighted by atomic mass is 10.0. The fourth-order valence-corrected chi connectivity index (χ4v) is 1.74. The van der Waals surface area contributed by atoms with E-state index < -0.39 is 0 Å². The molecule has 0 spiro atoms. The summed E-state index contributed by atoms with van der Waals surface area (Å²) < 4.78 is 0. The lowest BCUT2D eigenvalue weighted by Crippen LogP contribution is -1.93. The molecule has 2 rings (SSSR count). The Bertz CT molecular complexity index is 552. The van der Waals surface area contributed by atoms with Crippen LogP contribution in [0.4, 0.5) is 0 Å². The number of hydrogen-bond acceptors (Lipinski definition) is 2. The van der Waals surface area contributed by atoms with E-state index in [1.807, 2.05) is 13.0 Å². The van der Waals surface area contributed by atoms with Crippen LogP contribution in [0.5, 0.6) is 0 Å². The van der Waals surface area contributed by atoms with Gasteiger partial charge >= 0.3 is 0 Å². The summed E-state index contributed by atoms with van der Waals surface area (Å²) in [6.45, 7) is 7.70. The Kier molecular flexibility index (Phi) is 2.11. The van der Waals surface area contributed by atoms with Crippen LogP contribution in [-0.2, 0) is 0 Å². The second-order valence-corrected chi connectivity index (χ2v) is 3.98. The van der Waals surface area contributed by atoms with E-state index in [-0.39, 0.29) is 5.78 Å². The molecule has 15 heavy (non-hydrogen) atoms. The summed E-state index contributed by atoms with van der Waals surface area (Å²) in [5.74, 6) is 0.416. The van der Waals surface area contributed by atoms with Crippen molar-refractivity contribution in [2.75, 3.05) is 0 Å². The van der Waals surface area contributed by atoms with Gasteiger partial charge in [0.2, 0.25) is 0 Å². The lowest BCUT2D eigenvalue weighted by Gasteiger charge is -2.04. The molecule has 0 fully saturated rings. The molecule has 0 saturated carbocycles. The quantitative estimate of drug-likeness (QED) is 0.722. The number of aromatic amines is 1. The average molecular weight is 202 g/mol. The number of H-pyrrole nitrogens is 1. The highest BCUT2D eigenvalue weighted by molar-refractivity contribution is 5.94. The van der Waals surface area contributed by atoms with Gasteiger partial charge in [-0.05, 0) is 43.5 Å². The van der Waals surface area contributed by atoms with Crippen LogP contribution in [0.1, 0.15) is 34.2 Å². The molecule has 0 unspecified atom stereocenters. The van der Waals surface area contributed by atoms with Crippen molar-refractivity contribution in [3.8, 4) is 0 Å². The van der Waals surface area contributed by atoms with Gasteiger partial charge in [0.1, 0.15) is 0 Å². The first-order chi connectivity index (χ1) is 7.00. The molecule has 1 aromatic heterocycles. The fourth-order valence-electron chi connectivity index (χ4n) is 1.74. The predicted octanol–water partition coefficient (Wildman–Crippen LogP) is 2.69. The molecule has 3 heteroatoms. The molecule has 2 aromatic rings. The van der Waals surface area contributed by atoms with Gasteiger partial charge in [-0.25, -0.2) is 4.98 Å². The van der Waals surface area contributed by atoms with Crippen molar-refractivity contribution in [1.82, 2.24) is 9.97 Å². The number of aryl methyl sites for hydroxylation is 2. The predicted molar refractivity (Wildman–Crippen MR) is 60.3 cm³/mol. The van der Waals surface area contributed by atoms with Gasteiger partial charge in [-0.1, -0.05) is 0 Å². The zero-order valence-electron chi connectivity index (χ0n) is 9.43. The lowest BCUT2D eigenvalue weighted by molar-refractivity contribution is 0.100. The molecule has 1 aromatic carbocycles. The third-order valence-corrected chi connectivity index (χ3v) is 2.94. The topological polar surface area (TPSA) is 45.8 Å². The number of aromatic nitrogens is 2. The van der Waals surface area contributed by atoms with E-state index in [9.17, 15) is 4.79 Å². The van der Waals surface area contributed by atoms with Gasteiger partial charge in [-0.3, -0.25) is 4.79 Å². The number of rotatable bonds is 1. The summed E-state index contributed by atoms with van der Waals surface area (Å²) in [6.07, 6.45) is 0. The maximum absolute atomic E-state index is 11.2. The van der Waals surface area contributed by atoms with E-state index in [1.165, 1.54) is 18.1 Å². The number of imidazole rings is 1. The van der Waals surface area contributed by atoms with Crippen molar-refractivity contribution in [3.05, 3.63) is 28.6 Å². The van der Waals surface area contributed by atoms with Crippen LogP contribution in [0.2, 0.25) is 0 Å². The summed E-state index contributed by atoms with van der Waals surface area (Å²) in [7, 11) is 0. The van der Waals surface area contributed by atoms with E-state index >= 15 is 0 Å². The first-order valence-electron chi connectivity index (χ1n) is 4.98. The van der Waals surface area contributed by atoms with Crippen molar-refractivity contribution in [1.29, 1.82) is 0 Å². The number of Topliss-reactive ketones (excluding diaryl/α,β-unsaturated/α-hetero) is 1. The zero-order chi connectivity index (χ0) is 11.2. The van der Waals surface area contributed by atoms with Gasteiger partial charge in [-0.15, -0.1) is 0 Å². The van der Waals surface area contributed by atoms with E-state index in [0.29, 0.717) is 5.82 Å². The fraction of sp³-hybridized carbons (Fsp3) is 0.333. The van der Waals surface area contributed by atoms with Crippen LogP contribution >= 0.6 is 0 Å². The number of carbonyl (C=O) groups excluding carboxylic acids is 1. The smallest absolute Gasteiger partial charge is 0.195 e. The Labute approximate surface area is 88.5 Å². The molecule has 0 atom stereocenters. The first-order valence-corrected chi connectivity index (χ1v) is 4.98. The van der Waals surface area contributed by atoms with E-state index in [0.717, 1.165) is 16.6 Å². The summed E-state index contributed by atoms with van der Waals surface area (Å²) in [5, 5.41) is 0. The minimum absolute atomic E-state index is 0.0269. The highest BCUT2D eigenvalue weighted by Crippen LogP contribution is 2.22. The summed E-state index contributed by atoms with van der Waals surface area (Å²) >= 11 is 0. The van der Waals surface area contributed by atoms with Crippen LogP contribution in [0.3, 0.4) is 0 Å². The largest absolute Gasteiger partial charge is 0.335 e. The van der Waals surface area contributed by atoms with Crippen molar-refractivity contribution < 1.29 is 4.79 Å². The van der Waals surface area contributed by atoms with Crippen LogP contribution in [0, 0.1) is 20.8 Å². The highest BCUT2D eigenvalue weighted by Gasteiger charge is 2.11. The Morgan fingerprint density at radius 2 is 1.93 bits per heavy atom. The molecule has 0 radical (unpaired) electrons. The molecule has 1 heterocycles. The normalized spacial score (nSPS) is 10.9. The van der Waals surface area contributed by atoms with Gasteiger partial charge in [-0.2, -0.15) is 0 Å². The molecule has 0 saturated heterocycles. The second kappa shape index (κ2) is 3.19. The maximum atomic E-state index is 11.2. The minimum atomic E-state index is -0.0269. The third-order valence-electron chi connectivity index (χ3n) is 2.94. The van der Waals surface area contributed by atoms with Crippen molar-refractivity contribution in [3.63, 3.8) is 0 Å². The van der Waals surface area contributed by atoms with Crippen LogP contribution < -0.4 is 0 Å². The SMILES string of the molecule is CC(=O)c1nc2c(C)c(C)c(C)cc2[nH]1. The number of hydrogen-bond donors (Lipinski definition) is 1. The standard InChI is InChI=1S/C12H14N2O/c1-6-5-10-11(8(3)7(6)2)14-12(13-10)9(4)15/h5H,1-4H3,(H,13,14). The van der Waals surface area contributed by atoms with Crippen molar-refractivity contribution in [2.24, 2.45) is 0 Å². The van der Waals surface area contributed by atoms with Crippen molar-refractivity contribution >= 4 is 16.8 Å². The Balaban J connectivity index is 2.82. The number of benzene rings is 1. The molecule has 1 N–H and O–H groups in total. The molecule has 0 bridgehead atoms. The van der Waals surface area contributed by atoms with Gasteiger partial charge in [0.15, 0.2) is 11.6 Å². The highest BCUT2D eigenvalue weighted by atomic mass is 16.1.